The first-order valence-electron chi connectivity index (χ1n) is 6.85. The lowest BCUT2D eigenvalue weighted by Gasteiger charge is -2.18. The Bertz CT molecular complexity index is 745. The van der Waals surface area contributed by atoms with E-state index in [0.717, 1.165) is 11.1 Å². The molecule has 22 heavy (non-hydrogen) atoms. The van der Waals surface area contributed by atoms with E-state index in [1.54, 1.807) is 0 Å². The second kappa shape index (κ2) is 5.33. The molecule has 0 bridgehead atoms. The molecule has 6 N–H and O–H groups in total. The SMILES string of the molecule is Nc1c(N)c(-c2ccccc2)c(-c2ccccc2)c(O)c1O. The summed E-state index contributed by atoms with van der Waals surface area (Å²) in [5, 5.41) is 20.5. The molecule has 0 aliphatic carbocycles. The summed E-state index contributed by atoms with van der Waals surface area (Å²) in [4.78, 5) is 0. The Balaban J connectivity index is 2.42. The Hall–Kier alpha value is -3.14. The molecule has 0 fully saturated rings. The normalized spacial score (nSPS) is 10.5. The lowest BCUT2D eigenvalue weighted by molar-refractivity contribution is 0.407. The Labute approximate surface area is 128 Å². The van der Waals surface area contributed by atoms with Crippen LogP contribution in [0.1, 0.15) is 0 Å². The molecule has 0 heterocycles. The van der Waals surface area contributed by atoms with Crippen LogP contribution in [0.5, 0.6) is 11.5 Å². The molecule has 4 nitrogen and oxygen atoms in total. The summed E-state index contributed by atoms with van der Waals surface area (Å²) < 4.78 is 0. The molecule has 3 aromatic rings. The lowest BCUT2D eigenvalue weighted by Crippen LogP contribution is -2.00. The maximum atomic E-state index is 10.4. The smallest absolute Gasteiger partial charge is 0.183 e. The van der Waals surface area contributed by atoms with Crippen LogP contribution in [0.3, 0.4) is 0 Å². The summed E-state index contributed by atoms with van der Waals surface area (Å²) >= 11 is 0. The summed E-state index contributed by atoms with van der Waals surface area (Å²) in [6.07, 6.45) is 0. The average molecular weight is 292 g/mol. The summed E-state index contributed by atoms with van der Waals surface area (Å²) in [6.45, 7) is 0. The van der Waals surface area contributed by atoms with Gasteiger partial charge in [-0.2, -0.15) is 0 Å². The summed E-state index contributed by atoms with van der Waals surface area (Å²) in [5.74, 6) is -0.659. The number of nitrogens with two attached hydrogens (primary N) is 2. The third kappa shape index (κ3) is 2.11. The van der Waals surface area contributed by atoms with E-state index >= 15 is 0 Å². The Morgan fingerprint density at radius 2 is 1.00 bits per heavy atom. The van der Waals surface area contributed by atoms with Crippen LogP contribution in [0.15, 0.2) is 60.7 Å². The minimum Gasteiger partial charge on any atom is -0.504 e. The predicted molar refractivity (Wildman–Crippen MR) is 89.5 cm³/mol. The van der Waals surface area contributed by atoms with Gasteiger partial charge in [0.05, 0.1) is 5.69 Å². The van der Waals surface area contributed by atoms with Crippen molar-refractivity contribution in [2.24, 2.45) is 0 Å². The van der Waals surface area contributed by atoms with Gasteiger partial charge in [0, 0.05) is 11.1 Å². The van der Waals surface area contributed by atoms with Crippen LogP contribution in [-0.2, 0) is 0 Å². The molecular weight excluding hydrogens is 276 g/mol. The molecule has 0 radical (unpaired) electrons. The Morgan fingerprint density at radius 1 is 0.545 bits per heavy atom. The van der Waals surface area contributed by atoms with E-state index in [2.05, 4.69) is 0 Å². The molecule has 0 saturated heterocycles. The van der Waals surface area contributed by atoms with Crippen LogP contribution in [0, 0.1) is 0 Å². The zero-order chi connectivity index (χ0) is 15.7. The summed E-state index contributed by atoms with van der Waals surface area (Å²) in [7, 11) is 0. The standard InChI is InChI=1S/C18H16N2O2/c19-15-13(11-7-3-1-4-8-11)14(12-9-5-2-6-10-12)17(21)18(22)16(15)20/h1-10,21-22H,19-20H2. The van der Waals surface area contributed by atoms with Gasteiger partial charge < -0.3 is 21.7 Å². The van der Waals surface area contributed by atoms with Crippen molar-refractivity contribution in [2.45, 2.75) is 0 Å². The number of phenols is 2. The van der Waals surface area contributed by atoms with Crippen LogP contribution >= 0.6 is 0 Å². The highest BCUT2D eigenvalue weighted by atomic mass is 16.3. The fourth-order valence-electron chi connectivity index (χ4n) is 2.55. The van der Waals surface area contributed by atoms with Gasteiger partial charge in [0.15, 0.2) is 11.5 Å². The van der Waals surface area contributed by atoms with Crippen molar-refractivity contribution >= 4 is 11.4 Å². The monoisotopic (exact) mass is 292 g/mol. The lowest BCUT2D eigenvalue weighted by atomic mass is 9.91. The number of nitrogen functional groups attached to an aromatic ring is 2. The molecule has 0 atom stereocenters. The highest BCUT2D eigenvalue weighted by Gasteiger charge is 2.22. The van der Waals surface area contributed by atoms with E-state index in [1.807, 2.05) is 60.7 Å². The molecule has 3 rings (SSSR count). The van der Waals surface area contributed by atoms with Crippen molar-refractivity contribution in [2.75, 3.05) is 11.5 Å². The van der Waals surface area contributed by atoms with E-state index in [0.29, 0.717) is 11.1 Å². The van der Waals surface area contributed by atoms with Gasteiger partial charge in [0.2, 0.25) is 0 Å². The summed E-state index contributed by atoms with van der Waals surface area (Å²) in [6, 6.07) is 18.7. The molecule has 110 valence electrons. The first kappa shape index (κ1) is 13.8. The zero-order valence-electron chi connectivity index (χ0n) is 11.8. The van der Waals surface area contributed by atoms with Crippen molar-refractivity contribution in [3.63, 3.8) is 0 Å². The highest BCUT2D eigenvalue weighted by molar-refractivity contribution is 6.01. The van der Waals surface area contributed by atoms with E-state index in [4.69, 9.17) is 11.5 Å². The van der Waals surface area contributed by atoms with E-state index in [1.165, 1.54) is 0 Å². The minimum absolute atomic E-state index is 0.0176. The van der Waals surface area contributed by atoms with Gasteiger partial charge in [-0.15, -0.1) is 0 Å². The van der Waals surface area contributed by atoms with Crippen LogP contribution in [-0.4, -0.2) is 10.2 Å². The maximum absolute atomic E-state index is 10.4. The van der Waals surface area contributed by atoms with Crippen molar-refractivity contribution in [1.82, 2.24) is 0 Å². The van der Waals surface area contributed by atoms with Gasteiger partial charge in [-0.25, -0.2) is 0 Å². The quantitative estimate of drug-likeness (QED) is 0.330. The number of phenolic OH excluding ortho intramolecular Hbond substituents is 2. The summed E-state index contributed by atoms with van der Waals surface area (Å²) in [5.41, 5.74) is 14.8. The molecule has 0 saturated carbocycles. The first-order chi connectivity index (χ1) is 10.6. The van der Waals surface area contributed by atoms with E-state index in [9.17, 15) is 10.2 Å². The molecule has 0 aliphatic heterocycles. The van der Waals surface area contributed by atoms with E-state index < -0.39 is 5.75 Å². The Morgan fingerprint density at radius 3 is 1.50 bits per heavy atom. The number of hydrogen-bond donors (Lipinski definition) is 4. The maximum Gasteiger partial charge on any atom is 0.183 e. The molecular formula is C18H16N2O2. The van der Waals surface area contributed by atoms with Gasteiger partial charge >= 0.3 is 0 Å². The first-order valence-corrected chi connectivity index (χ1v) is 6.85. The number of anilines is 2. The average Bonchev–Trinajstić information content (AvgIpc) is 2.57. The molecule has 0 amide bonds. The fourth-order valence-corrected chi connectivity index (χ4v) is 2.55. The second-order valence-electron chi connectivity index (χ2n) is 5.01. The van der Waals surface area contributed by atoms with Crippen LogP contribution in [0.25, 0.3) is 22.3 Å². The molecule has 0 aromatic heterocycles. The van der Waals surface area contributed by atoms with Crippen molar-refractivity contribution in [3.8, 4) is 33.8 Å². The van der Waals surface area contributed by atoms with Gasteiger partial charge in [-0.1, -0.05) is 60.7 Å². The third-order valence-electron chi connectivity index (χ3n) is 3.65. The second-order valence-corrected chi connectivity index (χ2v) is 5.01. The van der Waals surface area contributed by atoms with Crippen LogP contribution < -0.4 is 11.5 Å². The van der Waals surface area contributed by atoms with Crippen molar-refractivity contribution in [3.05, 3.63) is 60.7 Å². The zero-order valence-corrected chi connectivity index (χ0v) is 11.8. The topological polar surface area (TPSA) is 92.5 Å². The van der Waals surface area contributed by atoms with Gasteiger partial charge in [0.25, 0.3) is 0 Å². The molecule has 4 heteroatoms. The van der Waals surface area contributed by atoms with E-state index in [-0.39, 0.29) is 17.1 Å². The minimum atomic E-state index is -0.393. The largest absolute Gasteiger partial charge is 0.504 e. The van der Waals surface area contributed by atoms with Crippen molar-refractivity contribution in [1.29, 1.82) is 0 Å². The Kier molecular flexibility index (Phi) is 3.35. The van der Waals surface area contributed by atoms with Crippen LogP contribution in [0.4, 0.5) is 11.4 Å². The number of benzene rings is 3. The molecule has 0 spiro atoms. The number of aromatic hydroxyl groups is 2. The van der Waals surface area contributed by atoms with Gasteiger partial charge in [0.1, 0.15) is 5.69 Å². The van der Waals surface area contributed by atoms with Crippen LogP contribution in [0.2, 0.25) is 0 Å². The molecule has 0 unspecified atom stereocenters. The van der Waals surface area contributed by atoms with Crippen molar-refractivity contribution < 1.29 is 10.2 Å². The van der Waals surface area contributed by atoms with Gasteiger partial charge in [-0.3, -0.25) is 0 Å². The predicted octanol–water partition coefficient (Wildman–Crippen LogP) is 3.60. The highest BCUT2D eigenvalue weighted by Crippen LogP contribution is 2.51. The number of rotatable bonds is 2. The van der Waals surface area contributed by atoms with Gasteiger partial charge in [-0.05, 0) is 11.1 Å². The number of hydrogen-bond acceptors (Lipinski definition) is 4. The fraction of sp³-hybridized carbons (Fsp3) is 0. The molecule has 3 aromatic carbocycles. The third-order valence-corrected chi connectivity index (χ3v) is 3.65. The molecule has 0 aliphatic rings.